The van der Waals surface area contributed by atoms with E-state index in [0.29, 0.717) is 18.5 Å². The number of aromatic nitrogens is 2. The van der Waals surface area contributed by atoms with Crippen molar-refractivity contribution in [3.63, 3.8) is 0 Å². The Bertz CT molecular complexity index is 783. The van der Waals surface area contributed by atoms with Crippen LogP contribution in [0.5, 0.6) is 0 Å². The first-order chi connectivity index (χ1) is 10.9. The standard InChI is InChI=1S/C14H18N4O4S/c1-4-12-11(9-22-17-12)8-18(3)14(19)10-5-6-13(16-7-10)23(20,21)15-2/h5-7,9,15H,4,8H2,1-3H3. The molecule has 2 rings (SSSR count). The zero-order valence-corrected chi connectivity index (χ0v) is 13.9. The molecule has 0 saturated heterocycles. The van der Waals surface area contributed by atoms with Crippen molar-refractivity contribution in [2.75, 3.05) is 14.1 Å². The maximum Gasteiger partial charge on any atom is 0.257 e. The summed E-state index contributed by atoms with van der Waals surface area (Å²) in [4.78, 5) is 17.7. The molecule has 8 nitrogen and oxygen atoms in total. The Morgan fingerprint density at radius 1 is 1.39 bits per heavy atom. The molecule has 9 heteroatoms. The SMILES string of the molecule is CCc1nocc1CN(C)C(=O)c1ccc(S(=O)(=O)NC)nc1. The third-order valence-corrected chi connectivity index (χ3v) is 4.67. The molecule has 124 valence electrons. The quantitative estimate of drug-likeness (QED) is 0.835. The van der Waals surface area contributed by atoms with Crippen molar-refractivity contribution in [1.29, 1.82) is 0 Å². The molecule has 0 aliphatic carbocycles. The van der Waals surface area contributed by atoms with Gasteiger partial charge in [-0.3, -0.25) is 4.79 Å². The first-order valence-corrected chi connectivity index (χ1v) is 8.44. The minimum absolute atomic E-state index is 0.133. The number of hydrogen-bond acceptors (Lipinski definition) is 6. The summed E-state index contributed by atoms with van der Waals surface area (Å²) in [5, 5.41) is 3.74. The van der Waals surface area contributed by atoms with Crippen molar-refractivity contribution in [2.45, 2.75) is 24.9 Å². The highest BCUT2D eigenvalue weighted by Crippen LogP contribution is 2.13. The molecule has 0 atom stereocenters. The molecule has 0 aliphatic rings. The van der Waals surface area contributed by atoms with E-state index in [-0.39, 0.29) is 10.9 Å². The zero-order chi connectivity index (χ0) is 17.0. The molecule has 1 N–H and O–H groups in total. The molecule has 0 saturated carbocycles. The first-order valence-electron chi connectivity index (χ1n) is 6.96. The Morgan fingerprint density at radius 2 is 2.13 bits per heavy atom. The summed E-state index contributed by atoms with van der Waals surface area (Å²) in [6.45, 7) is 2.30. The number of nitrogens with zero attached hydrogens (tertiary/aromatic N) is 3. The van der Waals surface area contributed by atoms with Gasteiger partial charge in [0, 0.05) is 18.8 Å². The maximum atomic E-state index is 12.4. The number of nitrogens with one attached hydrogen (secondary N) is 1. The van der Waals surface area contributed by atoms with E-state index >= 15 is 0 Å². The van der Waals surface area contributed by atoms with Crippen molar-refractivity contribution in [3.05, 3.63) is 41.4 Å². The van der Waals surface area contributed by atoms with Gasteiger partial charge in [0.1, 0.15) is 6.26 Å². The fourth-order valence-corrected chi connectivity index (χ4v) is 2.67. The van der Waals surface area contributed by atoms with Crippen molar-refractivity contribution in [3.8, 4) is 0 Å². The molecule has 0 spiro atoms. The van der Waals surface area contributed by atoms with E-state index in [1.54, 1.807) is 7.05 Å². The zero-order valence-electron chi connectivity index (χ0n) is 13.1. The van der Waals surface area contributed by atoms with Crippen LogP contribution in [0.4, 0.5) is 0 Å². The second-order valence-corrected chi connectivity index (χ2v) is 6.73. The summed E-state index contributed by atoms with van der Waals surface area (Å²) in [7, 11) is -0.672. The van der Waals surface area contributed by atoms with Gasteiger partial charge in [-0.05, 0) is 25.6 Å². The van der Waals surface area contributed by atoms with E-state index in [1.165, 1.54) is 36.5 Å². The summed E-state index contributed by atoms with van der Waals surface area (Å²) in [5.41, 5.74) is 1.95. The van der Waals surface area contributed by atoms with Crippen molar-refractivity contribution >= 4 is 15.9 Å². The minimum atomic E-state index is -3.62. The molecule has 2 aromatic heterocycles. The molecule has 2 aromatic rings. The predicted octanol–water partition coefficient (Wildman–Crippen LogP) is 0.812. The summed E-state index contributed by atoms with van der Waals surface area (Å²) in [6, 6.07) is 2.73. The van der Waals surface area contributed by atoms with Crippen LogP contribution in [0.2, 0.25) is 0 Å². The molecule has 0 radical (unpaired) electrons. The number of aryl methyl sites for hydroxylation is 1. The topological polar surface area (TPSA) is 105 Å². The lowest BCUT2D eigenvalue weighted by molar-refractivity contribution is 0.0784. The number of amides is 1. The van der Waals surface area contributed by atoms with E-state index in [2.05, 4.69) is 14.9 Å². The van der Waals surface area contributed by atoms with Gasteiger partial charge in [-0.2, -0.15) is 0 Å². The Labute approximate surface area is 134 Å². The molecular formula is C14H18N4O4S. The van der Waals surface area contributed by atoms with Crippen LogP contribution in [-0.2, 0) is 23.0 Å². The molecule has 0 unspecified atom stereocenters. The van der Waals surface area contributed by atoms with Crippen LogP contribution in [-0.4, -0.2) is 43.5 Å². The Morgan fingerprint density at radius 3 is 2.70 bits per heavy atom. The smallest absolute Gasteiger partial charge is 0.257 e. The number of carbonyl (C=O) groups excluding carboxylic acids is 1. The average molecular weight is 338 g/mol. The second-order valence-electron chi connectivity index (χ2n) is 4.89. The van der Waals surface area contributed by atoms with Crippen molar-refractivity contribution < 1.29 is 17.7 Å². The Kier molecular flexibility index (Phi) is 5.12. The number of carbonyl (C=O) groups is 1. The minimum Gasteiger partial charge on any atom is -0.364 e. The van der Waals surface area contributed by atoms with Crippen molar-refractivity contribution in [2.24, 2.45) is 0 Å². The third kappa shape index (κ3) is 3.74. The van der Waals surface area contributed by atoms with Crippen LogP contribution < -0.4 is 4.72 Å². The fraction of sp³-hybridized carbons (Fsp3) is 0.357. The van der Waals surface area contributed by atoms with Gasteiger partial charge in [-0.1, -0.05) is 12.1 Å². The highest BCUT2D eigenvalue weighted by molar-refractivity contribution is 7.89. The molecule has 1 amide bonds. The van der Waals surface area contributed by atoms with Gasteiger partial charge >= 0.3 is 0 Å². The lowest BCUT2D eigenvalue weighted by Crippen LogP contribution is -2.27. The van der Waals surface area contributed by atoms with Crippen LogP contribution in [0.25, 0.3) is 0 Å². The Balaban J connectivity index is 2.14. The van der Waals surface area contributed by atoms with Crippen LogP contribution in [0.3, 0.4) is 0 Å². The van der Waals surface area contributed by atoms with Gasteiger partial charge in [0.15, 0.2) is 5.03 Å². The van der Waals surface area contributed by atoms with E-state index in [1.807, 2.05) is 6.92 Å². The molecular weight excluding hydrogens is 320 g/mol. The molecule has 0 fully saturated rings. The first kappa shape index (κ1) is 17.1. The molecule has 0 bridgehead atoms. The molecule has 0 aromatic carbocycles. The lowest BCUT2D eigenvalue weighted by atomic mass is 10.2. The summed E-state index contributed by atoms with van der Waals surface area (Å²) in [6.07, 6.45) is 3.48. The Hall–Kier alpha value is -2.26. The van der Waals surface area contributed by atoms with Gasteiger partial charge in [0.25, 0.3) is 15.9 Å². The predicted molar refractivity (Wildman–Crippen MR) is 82.2 cm³/mol. The lowest BCUT2D eigenvalue weighted by Gasteiger charge is -2.16. The van der Waals surface area contributed by atoms with E-state index in [0.717, 1.165) is 11.3 Å². The van der Waals surface area contributed by atoms with E-state index in [9.17, 15) is 13.2 Å². The van der Waals surface area contributed by atoms with E-state index < -0.39 is 10.0 Å². The van der Waals surface area contributed by atoms with Crippen LogP contribution in [0, 0.1) is 0 Å². The normalized spacial score (nSPS) is 11.4. The second kappa shape index (κ2) is 6.88. The highest BCUT2D eigenvalue weighted by atomic mass is 32.2. The van der Waals surface area contributed by atoms with E-state index in [4.69, 9.17) is 4.52 Å². The number of sulfonamides is 1. The third-order valence-electron chi connectivity index (χ3n) is 3.34. The molecule has 23 heavy (non-hydrogen) atoms. The summed E-state index contributed by atoms with van der Waals surface area (Å²) >= 11 is 0. The van der Waals surface area contributed by atoms with Gasteiger partial charge < -0.3 is 9.42 Å². The average Bonchev–Trinajstić information content (AvgIpc) is 3.01. The number of rotatable bonds is 6. The van der Waals surface area contributed by atoms with Gasteiger partial charge in [-0.15, -0.1) is 0 Å². The molecule has 0 aliphatic heterocycles. The van der Waals surface area contributed by atoms with Crippen LogP contribution in [0.1, 0.15) is 28.5 Å². The van der Waals surface area contributed by atoms with Gasteiger partial charge in [0.05, 0.1) is 17.8 Å². The summed E-state index contributed by atoms with van der Waals surface area (Å²) in [5.74, 6) is -0.269. The largest absolute Gasteiger partial charge is 0.364 e. The monoisotopic (exact) mass is 338 g/mol. The fourth-order valence-electron chi connectivity index (χ4n) is 2.02. The number of pyridine rings is 1. The van der Waals surface area contributed by atoms with Gasteiger partial charge in [0.2, 0.25) is 0 Å². The maximum absolute atomic E-state index is 12.4. The summed E-state index contributed by atoms with van der Waals surface area (Å²) < 4.78 is 30.3. The van der Waals surface area contributed by atoms with Crippen LogP contribution >= 0.6 is 0 Å². The van der Waals surface area contributed by atoms with Crippen molar-refractivity contribution in [1.82, 2.24) is 19.8 Å². The van der Waals surface area contributed by atoms with Crippen LogP contribution in [0.15, 0.2) is 34.1 Å². The number of hydrogen-bond donors (Lipinski definition) is 1. The molecule has 2 heterocycles. The highest BCUT2D eigenvalue weighted by Gasteiger charge is 2.18. The van der Waals surface area contributed by atoms with Gasteiger partial charge in [-0.25, -0.2) is 18.1 Å².